The molecule has 2 aliphatic heterocycles. The summed E-state index contributed by atoms with van der Waals surface area (Å²) in [6, 6.07) is 22.1. The van der Waals surface area contributed by atoms with Crippen LogP contribution in [0, 0.1) is 0 Å². The lowest BCUT2D eigenvalue weighted by atomic mass is 10.0. The van der Waals surface area contributed by atoms with E-state index in [2.05, 4.69) is 16.0 Å². The Bertz CT molecular complexity index is 1060. The van der Waals surface area contributed by atoms with E-state index in [9.17, 15) is 4.79 Å². The molecule has 1 spiro atoms. The Kier molecular flexibility index (Phi) is 5.77. The average molecular weight is 430 g/mol. The maximum absolute atomic E-state index is 12.5. The third-order valence-corrected chi connectivity index (χ3v) is 6.14. The minimum atomic E-state index is -0.419. The second-order valence-electron chi connectivity index (χ2n) is 8.61. The fourth-order valence-corrected chi connectivity index (χ4v) is 4.55. The highest BCUT2D eigenvalue weighted by molar-refractivity contribution is 5.71. The fourth-order valence-electron chi connectivity index (χ4n) is 4.55. The molecular weight excluding hydrogens is 402 g/mol. The number of amides is 1. The number of carbonyl (C=O) groups excluding carboxylic acids is 1. The number of likely N-dealkylation sites (tertiary alicyclic amines) is 1. The SMILES string of the molecule is O=C1O[C@]2(CCN(Cc3ccccc3OCc3cccnc3)C2)CN1Cc1ccccc1. The summed E-state index contributed by atoms with van der Waals surface area (Å²) in [4.78, 5) is 20.9. The van der Waals surface area contributed by atoms with E-state index < -0.39 is 5.60 Å². The van der Waals surface area contributed by atoms with E-state index in [1.807, 2.05) is 71.8 Å². The normalized spacial score (nSPS) is 20.6. The van der Waals surface area contributed by atoms with Gasteiger partial charge in [0.1, 0.15) is 18.0 Å². The molecule has 3 heterocycles. The quantitative estimate of drug-likeness (QED) is 0.562. The molecule has 3 aromatic rings. The number of hydrogen-bond donors (Lipinski definition) is 0. The smallest absolute Gasteiger partial charge is 0.410 e. The van der Waals surface area contributed by atoms with Gasteiger partial charge in [0.15, 0.2) is 0 Å². The van der Waals surface area contributed by atoms with Gasteiger partial charge in [0.05, 0.1) is 6.54 Å². The van der Waals surface area contributed by atoms with Crippen LogP contribution in [-0.2, 0) is 24.4 Å². The molecule has 2 aliphatic rings. The standard InChI is InChI=1S/C26H27N3O3/c30-25-29(16-21-7-2-1-3-8-21)20-26(32-25)12-14-28(19-26)17-23-10-4-5-11-24(23)31-18-22-9-6-13-27-15-22/h1-11,13,15H,12,14,16-20H2/t26-/m0/s1. The highest BCUT2D eigenvalue weighted by Crippen LogP contribution is 2.34. The summed E-state index contributed by atoms with van der Waals surface area (Å²) in [7, 11) is 0. The minimum Gasteiger partial charge on any atom is -0.489 e. The minimum absolute atomic E-state index is 0.212. The van der Waals surface area contributed by atoms with Crippen LogP contribution < -0.4 is 4.74 Å². The molecule has 0 aliphatic carbocycles. The van der Waals surface area contributed by atoms with Crippen molar-refractivity contribution in [2.24, 2.45) is 0 Å². The molecule has 1 amide bonds. The van der Waals surface area contributed by atoms with Gasteiger partial charge in [0.2, 0.25) is 0 Å². The molecule has 2 saturated heterocycles. The molecule has 0 unspecified atom stereocenters. The number of aromatic nitrogens is 1. The molecule has 32 heavy (non-hydrogen) atoms. The molecule has 5 rings (SSSR count). The van der Waals surface area contributed by atoms with Gasteiger partial charge in [0, 0.05) is 56.1 Å². The molecule has 0 radical (unpaired) electrons. The summed E-state index contributed by atoms with van der Waals surface area (Å²) in [5.41, 5.74) is 2.88. The van der Waals surface area contributed by atoms with Crippen LogP contribution in [0.3, 0.4) is 0 Å². The Morgan fingerprint density at radius 2 is 1.75 bits per heavy atom. The zero-order chi connectivity index (χ0) is 21.8. The van der Waals surface area contributed by atoms with Crippen LogP contribution in [0.25, 0.3) is 0 Å². The Morgan fingerprint density at radius 3 is 2.59 bits per heavy atom. The summed E-state index contributed by atoms with van der Waals surface area (Å²) in [5, 5.41) is 0. The zero-order valence-electron chi connectivity index (χ0n) is 18.0. The van der Waals surface area contributed by atoms with Crippen molar-refractivity contribution < 1.29 is 14.3 Å². The van der Waals surface area contributed by atoms with Crippen molar-refractivity contribution in [1.82, 2.24) is 14.8 Å². The summed E-state index contributed by atoms with van der Waals surface area (Å²) in [6.45, 7) is 4.11. The second-order valence-corrected chi connectivity index (χ2v) is 8.61. The number of benzene rings is 2. The van der Waals surface area contributed by atoms with Gasteiger partial charge in [0.25, 0.3) is 0 Å². The van der Waals surface area contributed by atoms with Gasteiger partial charge in [-0.25, -0.2) is 4.79 Å². The predicted octanol–water partition coefficient (Wildman–Crippen LogP) is 4.26. The first-order chi connectivity index (χ1) is 15.7. The summed E-state index contributed by atoms with van der Waals surface area (Å²) >= 11 is 0. The number of nitrogens with zero attached hydrogens (tertiary/aromatic N) is 3. The highest BCUT2D eigenvalue weighted by atomic mass is 16.6. The molecule has 1 aromatic heterocycles. The van der Waals surface area contributed by atoms with E-state index in [0.29, 0.717) is 19.7 Å². The molecule has 0 bridgehead atoms. The number of ether oxygens (including phenoxy) is 2. The molecule has 0 N–H and O–H groups in total. The first kappa shape index (κ1) is 20.5. The van der Waals surface area contributed by atoms with E-state index in [4.69, 9.17) is 9.47 Å². The summed E-state index contributed by atoms with van der Waals surface area (Å²) < 4.78 is 12.0. The first-order valence-electron chi connectivity index (χ1n) is 11.0. The second kappa shape index (κ2) is 9.01. The van der Waals surface area contributed by atoms with Crippen molar-refractivity contribution in [3.8, 4) is 5.75 Å². The van der Waals surface area contributed by atoms with E-state index >= 15 is 0 Å². The van der Waals surface area contributed by atoms with Crippen LogP contribution in [0.15, 0.2) is 79.1 Å². The maximum atomic E-state index is 12.5. The van der Waals surface area contributed by atoms with Crippen LogP contribution in [0.2, 0.25) is 0 Å². The van der Waals surface area contributed by atoms with Crippen LogP contribution >= 0.6 is 0 Å². The highest BCUT2D eigenvalue weighted by Gasteiger charge is 2.49. The van der Waals surface area contributed by atoms with Crippen molar-refractivity contribution in [2.75, 3.05) is 19.6 Å². The van der Waals surface area contributed by atoms with Gasteiger partial charge in [-0.1, -0.05) is 54.6 Å². The van der Waals surface area contributed by atoms with Crippen molar-refractivity contribution in [3.63, 3.8) is 0 Å². The van der Waals surface area contributed by atoms with Gasteiger partial charge in [-0.2, -0.15) is 0 Å². The number of carbonyl (C=O) groups is 1. The average Bonchev–Trinajstić information content (AvgIpc) is 3.35. The molecule has 0 saturated carbocycles. The molecule has 6 nitrogen and oxygen atoms in total. The van der Waals surface area contributed by atoms with E-state index in [0.717, 1.165) is 48.5 Å². The van der Waals surface area contributed by atoms with E-state index in [1.165, 1.54) is 0 Å². The van der Waals surface area contributed by atoms with Crippen LogP contribution in [0.5, 0.6) is 5.75 Å². The number of hydrogen-bond acceptors (Lipinski definition) is 5. The third-order valence-electron chi connectivity index (χ3n) is 6.14. The zero-order valence-corrected chi connectivity index (χ0v) is 18.0. The summed E-state index contributed by atoms with van der Waals surface area (Å²) in [5.74, 6) is 0.881. The number of para-hydroxylation sites is 1. The Labute approximate surface area is 188 Å². The van der Waals surface area contributed by atoms with Gasteiger partial charge >= 0.3 is 6.09 Å². The molecular formula is C26H27N3O3. The van der Waals surface area contributed by atoms with Gasteiger partial charge in [-0.3, -0.25) is 14.8 Å². The lowest BCUT2D eigenvalue weighted by molar-refractivity contribution is 0.0625. The van der Waals surface area contributed by atoms with Gasteiger partial charge in [-0.05, 0) is 17.7 Å². The van der Waals surface area contributed by atoms with Crippen molar-refractivity contribution >= 4 is 6.09 Å². The maximum Gasteiger partial charge on any atom is 0.410 e. The lowest BCUT2D eigenvalue weighted by Gasteiger charge is -2.23. The number of pyridine rings is 1. The molecule has 2 fully saturated rings. The van der Waals surface area contributed by atoms with E-state index in [1.54, 1.807) is 6.20 Å². The predicted molar refractivity (Wildman–Crippen MR) is 121 cm³/mol. The van der Waals surface area contributed by atoms with Gasteiger partial charge < -0.3 is 9.47 Å². The molecule has 164 valence electrons. The molecule has 6 heteroatoms. The largest absolute Gasteiger partial charge is 0.489 e. The van der Waals surface area contributed by atoms with Gasteiger partial charge in [-0.15, -0.1) is 0 Å². The van der Waals surface area contributed by atoms with Crippen LogP contribution in [-0.4, -0.2) is 46.1 Å². The van der Waals surface area contributed by atoms with E-state index in [-0.39, 0.29) is 6.09 Å². The van der Waals surface area contributed by atoms with Crippen LogP contribution in [0.4, 0.5) is 4.79 Å². The van der Waals surface area contributed by atoms with Crippen LogP contribution in [0.1, 0.15) is 23.1 Å². The topological polar surface area (TPSA) is 54.9 Å². The Morgan fingerprint density at radius 1 is 0.938 bits per heavy atom. The molecule has 2 aromatic carbocycles. The summed E-state index contributed by atoms with van der Waals surface area (Å²) in [6.07, 6.45) is 4.22. The van der Waals surface area contributed by atoms with Crippen molar-refractivity contribution in [2.45, 2.75) is 31.7 Å². The van der Waals surface area contributed by atoms with Crippen molar-refractivity contribution in [1.29, 1.82) is 0 Å². The lowest BCUT2D eigenvalue weighted by Crippen LogP contribution is -2.37. The third kappa shape index (κ3) is 4.60. The van der Waals surface area contributed by atoms with Crippen molar-refractivity contribution in [3.05, 3.63) is 95.8 Å². The Hall–Kier alpha value is -3.38. The number of rotatable bonds is 7. The first-order valence-corrected chi connectivity index (χ1v) is 11.0. The monoisotopic (exact) mass is 429 g/mol. The molecule has 1 atom stereocenters. The Balaban J connectivity index is 1.21. The fraction of sp³-hybridized carbons (Fsp3) is 0.308.